The molecule has 1 saturated carbocycles. The number of carbonyl (C=O) groups is 2. The van der Waals surface area contributed by atoms with Crippen molar-refractivity contribution in [1.82, 2.24) is 10.2 Å². The van der Waals surface area contributed by atoms with E-state index in [1.165, 1.54) is 4.90 Å². The van der Waals surface area contributed by atoms with Crippen molar-refractivity contribution in [2.75, 3.05) is 13.1 Å². The standard InChI is InChI=1S/C12H17F3N2O3/c1-11(9(18)19)2-3-17(6-11)10(20)16-8-4-7(5-8)12(13,14)15/h7-8H,2-6H2,1H3,(H,16,20)(H,18,19). The van der Waals surface area contributed by atoms with Gasteiger partial charge >= 0.3 is 18.2 Å². The number of likely N-dealkylation sites (tertiary alicyclic amines) is 1. The van der Waals surface area contributed by atoms with E-state index in [2.05, 4.69) is 5.32 Å². The lowest BCUT2D eigenvalue weighted by Crippen LogP contribution is -2.52. The van der Waals surface area contributed by atoms with Crippen molar-refractivity contribution in [3.8, 4) is 0 Å². The Morgan fingerprint density at radius 2 is 1.95 bits per heavy atom. The van der Waals surface area contributed by atoms with Crippen molar-refractivity contribution in [1.29, 1.82) is 0 Å². The van der Waals surface area contributed by atoms with Crippen LogP contribution in [0.4, 0.5) is 18.0 Å². The number of aliphatic carboxylic acids is 1. The number of hydrogen-bond acceptors (Lipinski definition) is 2. The number of hydrogen-bond donors (Lipinski definition) is 2. The Morgan fingerprint density at radius 3 is 2.40 bits per heavy atom. The van der Waals surface area contributed by atoms with Gasteiger partial charge in [0.1, 0.15) is 0 Å². The molecule has 1 aliphatic heterocycles. The number of nitrogens with zero attached hydrogens (tertiary/aromatic N) is 1. The maximum absolute atomic E-state index is 12.3. The van der Waals surface area contributed by atoms with Crippen molar-refractivity contribution >= 4 is 12.0 Å². The average Bonchev–Trinajstić information content (AvgIpc) is 2.65. The van der Waals surface area contributed by atoms with Crippen LogP contribution in [0.2, 0.25) is 0 Å². The molecule has 1 saturated heterocycles. The molecule has 2 N–H and O–H groups in total. The number of rotatable bonds is 2. The summed E-state index contributed by atoms with van der Waals surface area (Å²) >= 11 is 0. The minimum absolute atomic E-state index is 0.0869. The highest BCUT2D eigenvalue weighted by Gasteiger charge is 2.49. The third-order valence-electron chi connectivity index (χ3n) is 4.21. The van der Waals surface area contributed by atoms with Crippen LogP contribution in [0.3, 0.4) is 0 Å². The fourth-order valence-electron chi connectivity index (χ4n) is 2.58. The van der Waals surface area contributed by atoms with Gasteiger partial charge in [-0.05, 0) is 26.2 Å². The van der Waals surface area contributed by atoms with Gasteiger partial charge in [0.2, 0.25) is 0 Å². The van der Waals surface area contributed by atoms with E-state index in [9.17, 15) is 22.8 Å². The Labute approximate surface area is 114 Å². The SMILES string of the molecule is CC1(C(=O)O)CCN(C(=O)NC2CC(C(F)(F)F)C2)C1. The quantitative estimate of drug-likeness (QED) is 0.816. The number of halogens is 3. The maximum atomic E-state index is 12.3. The molecule has 0 radical (unpaired) electrons. The van der Waals surface area contributed by atoms with Gasteiger partial charge in [-0.25, -0.2) is 4.79 Å². The van der Waals surface area contributed by atoms with E-state index in [-0.39, 0.29) is 19.4 Å². The zero-order valence-corrected chi connectivity index (χ0v) is 11.0. The smallest absolute Gasteiger partial charge is 0.391 e. The first kappa shape index (κ1) is 14.9. The molecule has 114 valence electrons. The van der Waals surface area contributed by atoms with Gasteiger partial charge in [-0.15, -0.1) is 0 Å². The zero-order chi connectivity index (χ0) is 15.1. The van der Waals surface area contributed by atoms with Crippen LogP contribution in [-0.2, 0) is 4.79 Å². The summed E-state index contributed by atoms with van der Waals surface area (Å²) in [6.07, 6.45) is -4.04. The molecule has 1 heterocycles. The number of nitrogens with one attached hydrogen (secondary N) is 1. The largest absolute Gasteiger partial charge is 0.481 e. The fraction of sp³-hybridized carbons (Fsp3) is 0.833. The number of carboxylic acid groups (broad SMARTS) is 1. The lowest BCUT2D eigenvalue weighted by atomic mass is 9.80. The second-order valence-electron chi connectivity index (χ2n) is 5.89. The third kappa shape index (κ3) is 2.83. The molecule has 0 spiro atoms. The summed E-state index contributed by atoms with van der Waals surface area (Å²) in [6, 6.07) is -0.939. The monoisotopic (exact) mass is 294 g/mol. The minimum Gasteiger partial charge on any atom is -0.481 e. The number of urea groups is 1. The first-order valence-electron chi connectivity index (χ1n) is 6.47. The second-order valence-corrected chi connectivity index (χ2v) is 5.89. The molecular formula is C12H17F3N2O3. The Balaban J connectivity index is 1.79. The lowest BCUT2D eigenvalue weighted by Gasteiger charge is -2.37. The molecule has 0 aromatic carbocycles. The van der Waals surface area contributed by atoms with E-state index >= 15 is 0 Å². The van der Waals surface area contributed by atoms with E-state index in [0.717, 1.165) is 0 Å². The molecular weight excluding hydrogens is 277 g/mol. The van der Waals surface area contributed by atoms with Crippen LogP contribution in [0.1, 0.15) is 26.2 Å². The summed E-state index contributed by atoms with van der Waals surface area (Å²) < 4.78 is 36.9. The van der Waals surface area contributed by atoms with Crippen LogP contribution in [0.15, 0.2) is 0 Å². The van der Waals surface area contributed by atoms with Crippen molar-refractivity contribution in [3.63, 3.8) is 0 Å². The summed E-state index contributed by atoms with van der Waals surface area (Å²) in [5.41, 5.74) is -0.967. The molecule has 1 unspecified atom stereocenters. The number of carboxylic acids is 1. The highest BCUT2D eigenvalue weighted by Crippen LogP contribution is 2.41. The van der Waals surface area contributed by atoms with Crippen LogP contribution in [0.5, 0.6) is 0 Å². The van der Waals surface area contributed by atoms with E-state index in [4.69, 9.17) is 5.11 Å². The predicted octanol–water partition coefficient (Wildman–Crippen LogP) is 1.83. The van der Waals surface area contributed by atoms with E-state index in [1.54, 1.807) is 6.92 Å². The first-order chi connectivity index (χ1) is 9.12. The normalized spacial score (nSPS) is 33.7. The summed E-state index contributed by atoms with van der Waals surface area (Å²) in [4.78, 5) is 24.3. The highest BCUT2D eigenvalue weighted by molar-refractivity contribution is 5.79. The number of amides is 2. The molecule has 2 rings (SSSR count). The van der Waals surface area contributed by atoms with Gasteiger partial charge in [-0.2, -0.15) is 13.2 Å². The molecule has 5 nitrogen and oxygen atoms in total. The molecule has 20 heavy (non-hydrogen) atoms. The topological polar surface area (TPSA) is 69.6 Å². The van der Waals surface area contributed by atoms with E-state index in [1.807, 2.05) is 0 Å². The minimum atomic E-state index is -4.20. The van der Waals surface area contributed by atoms with Crippen molar-refractivity contribution < 1.29 is 27.9 Å². The molecule has 2 fully saturated rings. The van der Waals surface area contributed by atoms with Gasteiger partial charge in [0.05, 0.1) is 11.3 Å². The van der Waals surface area contributed by atoms with Crippen LogP contribution in [-0.4, -0.2) is 47.3 Å². The average molecular weight is 294 g/mol. The Morgan fingerprint density at radius 1 is 1.35 bits per heavy atom. The van der Waals surface area contributed by atoms with Gasteiger partial charge in [-0.3, -0.25) is 4.79 Å². The Bertz CT molecular complexity index is 421. The van der Waals surface area contributed by atoms with Gasteiger partial charge in [0, 0.05) is 19.1 Å². The van der Waals surface area contributed by atoms with Crippen LogP contribution in [0.25, 0.3) is 0 Å². The van der Waals surface area contributed by atoms with E-state index < -0.39 is 35.6 Å². The van der Waals surface area contributed by atoms with Gasteiger partial charge in [-0.1, -0.05) is 0 Å². The fourth-order valence-corrected chi connectivity index (χ4v) is 2.58. The molecule has 8 heteroatoms. The molecule has 0 bridgehead atoms. The Kier molecular flexibility index (Phi) is 3.60. The summed E-state index contributed by atoms with van der Waals surface area (Å²) in [7, 11) is 0. The second kappa shape index (κ2) is 4.82. The molecule has 0 aromatic heterocycles. The molecule has 1 atom stereocenters. The molecule has 1 aliphatic carbocycles. The first-order valence-corrected chi connectivity index (χ1v) is 6.47. The maximum Gasteiger partial charge on any atom is 0.391 e. The molecule has 0 aromatic rings. The van der Waals surface area contributed by atoms with Gasteiger partial charge in [0.15, 0.2) is 0 Å². The number of alkyl halides is 3. The van der Waals surface area contributed by atoms with Gasteiger partial charge in [0.25, 0.3) is 0 Å². The highest BCUT2D eigenvalue weighted by atomic mass is 19.4. The summed E-state index contributed by atoms with van der Waals surface area (Å²) in [5, 5.41) is 11.6. The zero-order valence-electron chi connectivity index (χ0n) is 11.0. The summed E-state index contributed by atoms with van der Waals surface area (Å²) in [6.45, 7) is 1.96. The molecule has 2 amide bonds. The van der Waals surface area contributed by atoms with Crippen LogP contribution in [0, 0.1) is 11.3 Å². The van der Waals surface area contributed by atoms with Gasteiger partial charge < -0.3 is 15.3 Å². The van der Waals surface area contributed by atoms with Crippen molar-refractivity contribution in [2.24, 2.45) is 11.3 Å². The molecule has 2 aliphatic rings. The lowest BCUT2D eigenvalue weighted by molar-refractivity contribution is -0.198. The predicted molar refractivity (Wildman–Crippen MR) is 63.0 cm³/mol. The van der Waals surface area contributed by atoms with E-state index in [0.29, 0.717) is 13.0 Å². The van der Waals surface area contributed by atoms with Crippen LogP contribution >= 0.6 is 0 Å². The third-order valence-corrected chi connectivity index (χ3v) is 4.21. The summed E-state index contributed by atoms with van der Waals surface area (Å²) in [5.74, 6) is -2.30. The van der Waals surface area contributed by atoms with Crippen molar-refractivity contribution in [3.05, 3.63) is 0 Å². The van der Waals surface area contributed by atoms with Crippen molar-refractivity contribution in [2.45, 2.75) is 38.4 Å². The van der Waals surface area contributed by atoms with Crippen LogP contribution < -0.4 is 5.32 Å². The Hall–Kier alpha value is -1.47. The number of carbonyl (C=O) groups excluding carboxylic acids is 1.